The zero-order chi connectivity index (χ0) is 11.5. The normalized spacial score (nSPS) is 14.5. The highest BCUT2D eigenvalue weighted by Crippen LogP contribution is 2.30. The Kier molecular flexibility index (Phi) is 3.60. The molecule has 0 aliphatic carbocycles. The van der Waals surface area contributed by atoms with E-state index in [0.717, 1.165) is 11.8 Å². The first-order chi connectivity index (χ1) is 6.93. The van der Waals surface area contributed by atoms with Crippen LogP contribution in [0.1, 0.15) is 6.92 Å². The summed E-state index contributed by atoms with van der Waals surface area (Å²) in [7, 11) is 0. The van der Waals surface area contributed by atoms with Gasteiger partial charge in [-0.1, -0.05) is 12.1 Å². The number of rotatable bonds is 4. The van der Waals surface area contributed by atoms with Gasteiger partial charge in [0.2, 0.25) is 0 Å². The topological polar surface area (TPSA) is 77.8 Å². The van der Waals surface area contributed by atoms with E-state index in [2.05, 4.69) is 0 Å². The molecule has 1 unspecified atom stereocenters. The van der Waals surface area contributed by atoms with Gasteiger partial charge in [0.1, 0.15) is 5.75 Å². The van der Waals surface area contributed by atoms with E-state index in [1.165, 1.54) is 13.0 Å². The molecule has 0 aromatic heterocycles. The fraction of sp³-hybridized carbons (Fsp3) is 0.300. The number of hydrogen-bond donors (Lipinski definition) is 3. The van der Waals surface area contributed by atoms with Crippen molar-refractivity contribution in [1.29, 1.82) is 0 Å². The Morgan fingerprint density at radius 2 is 2.07 bits per heavy atom. The predicted octanol–water partition coefficient (Wildman–Crippen LogP) is 1.32. The van der Waals surface area contributed by atoms with Crippen LogP contribution in [0.2, 0.25) is 0 Å². The number of aromatic hydroxyl groups is 1. The molecule has 0 aliphatic rings. The average molecular weight is 228 g/mol. The summed E-state index contributed by atoms with van der Waals surface area (Å²) in [4.78, 5) is 11.2. The lowest BCUT2D eigenvalue weighted by Gasteiger charge is -2.17. The van der Waals surface area contributed by atoms with Crippen LogP contribution in [0.4, 0.5) is 0 Å². The molecule has 1 atom stereocenters. The maximum absolute atomic E-state index is 10.6. The van der Waals surface area contributed by atoms with Crippen LogP contribution in [0.25, 0.3) is 0 Å². The maximum atomic E-state index is 10.6. The summed E-state index contributed by atoms with van der Waals surface area (Å²) in [6, 6.07) is 6.59. The van der Waals surface area contributed by atoms with E-state index >= 15 is 0 Å². The van der Waals surface area contributed by atoms with E-state index in [-0.39, 0.29) is 11.5 Å². The number of carboxylic acids is 1. The Morgan fingerprint density at radius 1 is 1.47 bits per heavy atom. The van der Waals surface area contributed by atoms with Gasteiger partial charge >= 0.3 is 5.97 Å². The first kappa shape index (κ1) is 11.9. The first-order valence-corrected chi connectivity index (χ1v) is 5.28. The van der Waals surface area contributed by atoms with E-state index in [9.17, 15) is 15.0 Å². The highest BCUT2D eigenvalue weighted by Gasteiger charge is 2.30. The number of phenolic OH excluding ortho intramolecular Hbond substituents is 1. The van der Waals surface area contributed by atoms with Crippen LogP contribution >= 0.6 is 11.8 Å². The Morgan fingerprint density at radius 3 is 2.60 bits per heavy atom. The van der Waals surface area contributed by atoms with Crippen molar-refractivity contribution >= 4 is 17.7 Å². The Labute approximate surface area is 91.6 Å². The van der Waals surface area contributed by atoms with E-state index < -0.39 is 11.6 Å². The average Bonchev–Trinajstić information content (AvgIpc) is 2.16. The monoisotopic (exact) mass is 228 g/mol. The van der Waals surface area contributed by atoms with Gasteiger partial charge in [0.25, 0.3) is 0 Å². The fourth-order valence-corrected chi connectivity index (χ4v) is 1.81. The molecule has 1 rings (SSSR count). The van der Waals surface area contributed by atoms with Gasteiger partial charge in [-0.3, -0.25) is 0 Å². The molecule has 1 aromatic carbocycles. The quantitative estimate of drug-likeness (QED) is 0.677. The Hall–Kier alpha value is -1.20. The predicted molar refractivity (Wildman–Crippen MR) is 57.1 cm³/mol. The van der Waals surface area contributed by atoms with Crippen molar-refractivity contribution in [3.8, 4) is 5.75 Å². The number of para-hydroxylation sites is 1. The van der Waals surface area contributed by atoms with Crippen LogP contribution in [0.15, 0.2) is 29.2 Å². The molecular weight excluding hydrogens is 216 g/mol. The molecule has 15 heavy (non-hydrogen) atoms. The summed E-state index contributed by atoms with van der Waals surface area (Å²) in [6.07, 6.45) is 0. The number of aliphatic carboxylic acids is 1. The third-order valence-corrected chi connectivity index (χ3v) is 3.20. The zero-order valence-electron chi connectivity index (χ0n) is 8.17. The molecule has 0 spiro atoms. The molecule has 0 aliphatic heterocycles. The maximum Gasteiger partial charge on any atom is 0.336 e. The van der Waals surface area contributed by atoms with E-state index in [0.29, 0.717) is 4.90 Å². The first-order valence-electron chi connectivity index (χ1n) is 4.30. The second-order valence-corrected chi connectivity index (χ2v) is 4.35. The number of thioether (sulfide) groups is 1. The summed E-state index contributed by atoms with van der Waals surface area (Å²) in [5.74, 6) is -1.20. The molecule has 0 fully saturated rings. The highest BCUT2D eigenvalue weighted by molar-refractivity contribution is 7.99. The van der Waals surface area contributed by atoms with Crippen molar-refractivity contribution < 1.29 is 20.1 Å². The smallest absolute Gasteiger partial charge is 0.336 e. The van der Waals surface area contributed by atoms with Gasteiger partial charge in [-0.2, -0.15) is 0 Å². The molecule has 5 heteroatoms. The number of benzene rings is 1. The zero-order valence-corrected chi connectivity index (χ0v) is 8.99. The van der Waals surface area contributed by atoms with Crippen molar-refractivity contribution in [1.82, 2.24) is 0 Å². The van der Waals surface area contributed by atoms with E-state index in [4.69, 9.17) is 5.11 Å². The Bertz CT molecular complexity index is 362. The molecule has 0 saturated heterocycles. The number of phenols is 1. The van der Waals surface area contributed by atoms with Crippen molar-refractivity contribution in [2.45, 2.75) is 17.4 Å². The van der Waals surface area contributed by atoms with Gasteiger partial charge in [-0.25, -0.2) is 4.79 Å². The minimum Gasteiger partial charge on any atom is -0.507 e. The van der Waals surface area contributed by atoms with Crippen LogP contribution in [0.5, 0.6) is 5.75 Å². The van der Waals surface area contributed by atoms with Gasteiger partial charge in [0.15, 0.2) is 5.60 Å². The molecule has 0 amide bonds. The molecule has 0 heterocycles. The van der Waals surface area contributed by atoms with Crippen molar-refractivity contribution in [3.63, 3.8) is 0 Å². The van der Waals surface area contributed by atoms with Crippen LogP contribution < -0.4 is 0 Å². The number of carboxylic acid groups (broad SMARTS) is 1. The van der Waals surface area contributed by atoms with Crippen LogP contribution in [-0.2, 0) is 4.79 Å². The largest absolute Gasteiger partial charge is 0.507 e. The lowest BCUT2D eigenvalue weighted by Crippen LogP contribution is -2.37. The standard InChI is InChI=1S/C10H12O4S/c1-10(14,9(12)13)6-15-8-5-3-2-4-7(8)11/h2-5,11,14H,6H2,1H3,(H,12,13). The minimum atomic E-state index is -1.78. The SMILES string of the molecule is CC(O)(CSc1ccccc1O)C(=O)O. The summed E-state index contributed by atoms with van der Waals surface area (Å²) in [5, 5.41) is 27.5. The van der Waals surface area contributed by atoms with Gasteiger partial charge < -0.3 is 15.3 Å². The molecule has 4 nitrogen and oxygen atoms in total. The minimum absolute atomic E-state index is 0.0140. The fourth-order valence-electron chi connectivity index (χ4n) is 0.859. The van der Waals surface area contributed by atoms with Crippen molar-refractivity contribution in [2.24, 2.45) is 0 Å². The molecular formula is C10H12O4S. The van der Waals surface area contributed by atoms with E-state index in [1.807, 2.05) is 0 Å². The molecule has 3 N–H and O–H groups in total. The number of aliphatic hydroxyl groups is 1. The Balaban J connectivity index is 2.66. The summed E-state index contributed by atoms with van der Waals surface area (Å²) < 4.78 is 0. The van der Waals surface area contributed by atoms with Gasteiger partial charge in [0, 0.05) is 10.6 Å². The van der Waals surface area contributed by atoms with E-state index in [1.54, 1.807) is 18.2 Å². The molecule has 0 radical (unpaired) electrons. The summed E-state index contributed by atoms with van der Waals surface area (Å²) in [6.45, 7) is 1.22. The molecule has 1 aromatic rings. The lowest BCUT2D eigenvalue weighted by atomic mass is 10.1. The van der Waals surface area contributed by atoms with Crippen molar-refractivity contribution in [3.05, 3.63) is 24.3 Å². The third-order valence-electron chi connectivity index (χ3n) is 1.83. The highest BCUT2D eigenvalue weighted by atomic mass is 32.2. The lowest BCUT2D eigenvalue weighted by molar-refractivity contribution is -0.154. The second-order valence-electron chi connectivity index (χ2n) is 3.34. The number of carbonyl (C=O) groups is 1. The van der Waals surface area contributed by atoms with Crippen LogP contribution in [-0.4, -0.2) is 32.6 Å². The third kappa shape index (κ3) is 3.14. The molecule has 82 valence electrons. The molecule has 0 saturated carbocycles. The second kappa shape index (κ2) is 4.55. The summed E-state index contributed by atoms with van der Waals surface area (Å²) >= 11 is 1.10. The number of hydrogen-bond acceptors (Lipinski definition) is 4. The van der Waals surface area contributed by atoms with Crippen LogP contribution in [0, 0.1) is 0 Å². The van der Waals surface area contributed by atoms with Gasteiger partial charge in [-0.05, 0) is 19.1 Å². The summed E-state index contributed by atoms with van der Waals surface area (Å²) in [5.41, 5.74) is -1.78. The molecule has 0 bridgehead atoms. The van der Waals surface area contributed by atoms with Crippen LogP contribution in [0.3, 0.4) is 0 Å². The van der Waals surface area contributed by atoms with Gasteiger partial charge in [-0.15, -0.1) is 11.8 Å². The van der Waals surface area contributed by atoms with Crippen molar-refractivity contribution in [2.75, 3.05) is 5.75 Å². The van der Waals surface area contributed by atoms with Gasteiger partial charge in [0.05, 0.1) is 0 Å².